The quantitative estimate of drug-likeness (QED) is 0.544. The molecule has 1 fully saturated rings. The van der Waals surface area contributed by atoms with Gasteiger partial charge in [-0.2, -0.15) is 13.2 Å². The lowest BCUT2D eigenvalue weighted by atomic mass is 9.88. The minimum Gasteiger partial charge on any atom is -0.392 e. The maximum Gasteiger partial charge on any atom is 0.433 e. The third kappa shape index (κ3) is 5.18. The number of fused-ring (bicyclic) bond motifs is 1. The van der Waals surface area contributed by atoms with Gasteiger partial charge in [-0.25, -0.2) is 9.97 Å². The summed E-state index contributed by atoms with van der Waals surface area (Å²) >= 11 is 0. The van der Waals surface area contributed by atoms with Crippen molar-refractivity contribution < 1.29 is 23.1 Å². The lowest BCUT2D eigenvalue weighted by molar-refractivity contribution is -0.141. The predicted molar refractivity (Wildman–Crippen MR) is 133 cm³/mol. The molecule has 1 aromatic carbocycles. The van der Waals surface area contributed by atoms with Gasteiger partial charge < -0.3 is 15.3 Å². The van der Waals surface area contributed by atoms with E-state index >= 15 is 0 Å². The topological polar surface area (TPSA) is 100 Å². The van der Waals surface area contributed by atoms with Gasteiger partial charge in [-0.05, 0) is 56.0 Å². The van der Waals surface area contributed by atoms with Crippen LogP contribution in [0.15, 0.2) is 35.1 Å². The fraction of sp³-hybridized carbons (Fsp3) is 0.462. The summed E-state index contributed by atoms with van der Waals surface area (Å²) in [5.41, 5.74) is -1.07. The Balaban J connectivity index is 1.60. The van der Waals surface area contributed by atoms with Crippen LogP contribution in [-0.2, 0) is 13.2 Å². The Morgan fingerprint density at radius 2 is 1.73 bits per heavy atom. The Hall–Kier alpha value is -3.47. The number of pyridine rings is 1. The summed E-state index contributed by atoms with van der Waals surface area (Å²) in [5.74, 6) is 0.0193. The van der Waals surface area contributed by atoms with Gasteiger partial charge in [0.15, 0.2) is 11.3 Å². The van der Waals surface area contributed by atoms with Crippen molar-refractivity contribution in [3.05, 3.63) is 63.3 Å². The van der Waals surface area contributed by atoms with Crippen molar-refractivity contribution in [2.45, 2.75) is 46.0 Å². The number of aliphatic hydroxyl groups is 1. The highest BCUT2D eigenvalue weighted by Crippen LogP contribution is 2.35. The Kier molecular flexibility index (Phi) is 7.02. The number of nitrogens with one attached hydrogen (secondary N) is 1. The molecular formula is C26H30F3N5O3. The lowest BCUT2D eigenvalue weighted by Crippen LogP contribution is -2.49. The summed E-state index contributed by atoms with van der Waals surface area (Å²) in [7, 11) is 1.50. The van der Waals surface area contributed by atoms with Crippen molar-refractivity contribution in [3.8, 4) is 0 Å². The number of hydrogen-bond acceptors (Lipinski definition) is 6. The zero-order valence-electron chi connectivity index (χ0n) is 21.3. The SMILES string of the molecule is Cc1nc2nc(C(F)(F)F)c(C(C)Nc3ccc(C(=O)N4CC(C)C(O)C(C)C4)cc3)cc2c(=O)n1C. The predicted octanol–water partition coefficient (Wildman–Crippen LogP) is 3.92. The smallest absolute Gasteiger partial charge is 0.392 e. The second-order valence-electron chi connectivity index (χ2n) is 9.92. The molecule has 8 nitrogen and oxygen atoms in total. The molecule has 0 saturated carbocycles. The summed E-state index contributed by atoms with van der Waals surface area (Å²) in [6.07, 6.45) is -5.20. The second-order valence-corrected chi connectivity index (χ2v) is 9.92. The molecule has 0 radical (unpaired) electrons. The molecule has 3 unspecified atom stereocenters. The molecular weight excluding hydrogens is 487 g/mol. The molecule has 0 bridgehead atoms. The van der Waals surface area contributed by atoms with Gasteiger partial charge in [0, 0.05) is 37.0 Å². The molecule has 1 aliphatic heterocycles. The normalized spacial score (nSPS) is 21.2. The van der Waals surface area contributed by atoms with Gasteiger partial charge in [-0.3, -0.25) is 14.2 Å². The van der Waals surface area contributed by atoms with Gasteiger partial charge in [-0.1, -0.05) is 13.8 Å². The van der Waals surface area contributed by atoms with Gasteiger partial charge in [-0.15, -0.1) is 0 Å². The highest BCUT2D eigenvalue weighted by molar-refractivity contribution is 5.94. The van der Waals surface area contributed by atoms with Crippen LogP contribution in [0.3, 0.4) is 0 Å². The number of anilines is 1. The van der Waals surface area contributed by atoms with Gasteiger partial charge in [0.05, 0.1) is 17.5 Å². The number of alkyl halides is 3. The van der Waals surface area contributed by atoms with Crippen LogP contribution in [0.2, 0.25) is 0 Å². The van der Waals surface area contributed by atoms with E-state index in [1.807, 2.05) is 13.8 Å². The monoisotopic (exact) mass is 517 g/mol. The van der Waals surface area contributed by atoms with Crippen LogP contribution in [0, 0.1) is 18.8 Å². The van der Waals surface area contributed by atoms with Crippen molar-refractivity contribution in [2.24, 2.45) is 18.9 Å². The van der Waals surface area contributed by atoms with Crippen molar-refractivity contribution in [1.82, 2.24) is 19.4 Å². The van der Waals surface area contributed by atoms with E-state index in [1.165, 1.54) is 24.6 Å². The number of carbonyl (C=O) groups excluding carboxylic acids is 1. The molecule has 0 aliphatic carbocycles. The zero-order valence-corrected chi connectivity index (χ0v) is 21.3. The van der Waals surface area contributed by atoms with E-state index in [1.54, 1.807) is 36.1 Å². The number of benzene rings is 1. The number of likely N-dealkylation sites (tertiary alicyclic amines) is 1. The third-order valence-electron chi connectivity index (χ3n) is 7.04. The van der Waals surface area contributed by atoms with Crippen LogP contribution >= 0.6 is 0 Å². The minimum absolute atomic E-state index is 0.000742. The summed E-state index contributed by atoms with van der Waals surface area (Å²) in [6, 6.07) is 6.82. The van der Waals surface area contributed by atoms with Crippen molar-refractivity contribution in [3.63, 3.8) is 0 Å². The van der Waals surface area contributed by atoms with Gasteiger partial charge >= 0.3 is 6.18 Å². The maximum atomic E-state index is 13.9. The molecule has 1 saturated heterocycles. The summed E-state index contributed by atoms with van der Waals surface area (Å²) in [5, 5.41) is 13.2. The Labute approximate surface area is 212 Å². The molecule has 3 atom stereocenters. The van der Waals surface area contributed by atoms with Crippen molar-refractivity contribution in [1.29, 1.82) is 0 Å². The number of rotatable bonds is 4. The van der Waals surface area contributed by atoms with E-state index in [4.69, 9.17) is 0 Å². The molecule has 4 rings (SSSR count). The number of piperidine rings is 1. The lowest BCUT2D eigenvalue weighted by Gasteiger charge is -2.38. The number of aliphatic hydroxyl groups excluding tert-OH is 1. The molecule has 3 aromatic rings. The highest BCUT2D eigenvalue weighted by Gasteiger charge is 2.38. The molecule has 37 heavy (non-hydrogen) atoms. The fourth-order valence-electron chi connectivity index (χ4n) is 4.81. The molecule has 11 heteroatoms. The van der Waals surface area contributed by atoms with Crippen LogP contribution in [0.5, 0.6) is 0 Å². The van der Waals surface area contributed by atoms with Crippen LogP contribution < -0.4 is 10.9 Å². The third-order valence-corrected chi connectivity index (χ3v) is 7.04. The first-order valence-corrected chi connectivity index (χ1v) is 12.1. The minimum atomic E-state index is -4.75. The van der Waals surface area contributed by atoms with Crippen LogP contribution in [0.25, 0.3) is 11.0 Å². The number of aromatic nitrogens is 3. The molecule has 3 heterocycles. The van der Waals surface area contributed by atoms with E-state index in [-0.39, 0.29) is 40.2 Å². The highest BCUT2D eigenvalue weighted by atomic mass is 19.4. The maximum absolute atomic E-state index is 13.9. The van der Waals surface area contributed by atoms with E-state index in [0.717, 1.165) is 0 Å². The molecule has 2 N–H and O–H groups in total. The Bertz CT molecular complexity index is 1380. The molecule has 1 amide bonds. The Morgan fingerprint density at radius 1 is 1.14 bits per heavy atom. The average molecular weight is 518 g/mol. The number of halogens is 3. The number of carbonyl (C=O) groups is 1. The zero-order chi connectivity index (χ0) is 27.2. The average Bonchev–Trinajstić information content (AvgIpc) is 2.84. The molecule has 0 spiro atoms. The van der Waals surface area contributed by atoms with E-state index in [0.29, 0.717) is 24.3 Å². The van der Waals surface area contributed by atoms with E-state index < -0.39 is 29.6 Å². The van der Waals surface area contributed by atoms with Crippen LogP contribution in [0.4, 0.5) is 18.9 Å². The number of aryl methyl sites for hydroxylation is 1. The first-order chi connectivity index (χ1) is 17.3. The number of hydrogen-bond donors (Lipinski definition) is 2. The van der Waals surface area contributed by atoms with E-state index in [9.17, 15) is 27.9 Å². The van der Waals surface area contributed by atoms with Crippen molar-refractivity contribution in [2.75, 3.05) is 18.4 Å². The standard InChI is InChI=1S/C26H30F3N5O3/c1-13-11-34(12-14(2)21(13)35)24(36)17-6-8-18(9-7-17)30-15(3)19-10-20-23(32-22(19)26(27,28)29)31-16(4)33(5)25(20)37/h6-10,13-15,21,30,35H,11-12H2,1-5H3. The molecule has 198 valence electrons. The van der Waals surface area contributed by atoms with Gasteiger partial charge in [0.2, 0.25) is 0 Å². The largest absolute Gasteiger partial charge is 0.433 e. The summed E-state index contributed by atoms with van der Waals surface area (Å²) in [6.45, 7) is 7.77. The first kappa shape index (κ1) is 26.6. The van der Waals surface area contributed by atoms with E-state index in [2.05, 4.69) is 15.3 Å². The molecule has 1 aliphatic rings. The number of nitrogens with zero attached hydrogens (tertiary/aromatic N) is 4. The van der Waals surface area contributed by atoms with Crippen LogP contribution in [-0.4, -0.2) is 49.6 Å². The summed E-state index contributed by atoms with van der Waals surface area (Å²) in [4.78, 5) is 35.1. The Morgan fingerprint density at radius 3 is 2.30 bits per heavy atom. The summed E-state index contributed by atoms with van der Waals surface area (Å²) < 4.78 is 42.9. The molecule has 2 aromatic heterocycles. The second kappa shape index (κ2) is 9.77. The fourth-order valence-corrected chi connectivity index (χ4v) is 4.81. The van der Waals surface area contributed by atoms with Crippen molar-refractivity contribution >= 4 is 22.6 Å². The van der Waals surface area contributed by atoms with Gasteiger partial charge in [0.1, 0.15) is 5.82 Å². The van der Waals surface area contributed by atoms with Gasteiger partial charge in [0.25, 0.3) is 11.5 Å². The van der Waals surface area contributed by atoms with Crippen LogP contribution in [0.1, 0.15) is 54.3 Å². The first-order valence-electron chi connectivity index (χ1n) is 12.1. The number of amides is 1.